The summed E-state index contributed by atoms with van der Waals surface area (Å²) in [6.45, 7) is 0.415. The van der Waals surface area contributed by atoms with Gasteiger partial charge in [0.15, 0.2) is 0 Å². The van der Waals surface area contributed by atoms with Crippen molar-refractivity contribution in [3.8, 4) is 0 Å². The van der Waals surface area contributed by atoms with E-state index < -0.39 is 5.91 Å². The van der Waals surface area contributed by atoms with E-state index in [9.17, 15) is 14.0 Å². The number of carbonyl (C=O) groups is 2. The van der Waals surface area contributed by atoms with Gasteiger partial charge in [-0.3, -0.25) is 14.9 Å². The van der Waals surface area contributed by atoms with Crippen molar-refractivity contribution in [1.82, 2.24) is 5.32 Å². The van der Waals surface area contributed by atoms with Gasteiger partial charge in [0.25, 0.3) is 11.8 Å². The van der Waals surface area contributed by atoms with Crippen molar-refractivity contribution in [2.24, 2.45) is 0 Å². The normalized spacial score (nSPS) is 13.0. The van der Waals surface area contributed by atoms with Crippen molar-refractivity contribution >= 4 is 33.4 Å². The number of benzene rings is 2. The van der Waals surface area contributed by atoms with Gasteiger partial charge in [-0.05, 0) is 51.8 Å². The van der Waals surface area contributed by atoms with Crippen molar-refractivity contribution < 1.29 is 14.0 Å². The van der Waals surface area contributed by atoms with Crippen LogP contribution in [0.2, 0.25) is 0 Å². The molecule has 0 atom stereocenters. The summed E-state index contributed by atoms with van der Waals surface area (Å²) in [5, 5.41) is 5.34. The van der Waals surface area contributed by atoms with Crippen molar-refractivity contribution in [2.75, 3.05) is 5.32 Å². The molecule has 2 amide bonds. The monoisotopic (exact) mass is 348 g/mol. The molecule has 0 fully saturated rings. The SMILES string of the molecule is O=C1NC(=O)c2cc(NCc3ccc(Br)c(F)c3)ccc21. The molecule has 0 radical (unpaired) electrons. The first-order valence-electron chi connectivity index (χ1n) is 6.22. The Kier molecular flexibility index (Phi) is 3.47. The van der Waals surface area contributed by atoms with Gasteiger partial charge >= 0.3 is 0 Å². The topological polar surface area (TPSA) is 58.2 Å². The second-order valence-corrected chi connectivity index (χ2v) is 5.50. The Hall–Kier alpha value is -2.21. The number of rotatable bonds is 3. The number of imide groups is 1. The van der Waals surface area contributed by atoms with E-state index >= 15 is 0 Å². The third kappa shape index (κ3) is 2.67. The van der Waals surface area contributed by atoms with E-state index in [0.717, 1.165) is 5.56 Å². The lowest BCUT2D eigenvalue weighted by atomic mass is 10.1. The lowest BCUT2D eigenvalue weighted by Gasteiger charge is -2.08. The maximum atomic E-state index is 13.4. The van der Waals surface area contributed by atoms with Crippen LogP contribution in [0.25, 0.3) is 0 Å². The summed E-state index contributed by atoms with van der Waals surface area (Å²) in [5.74, 6) is -1.10. The van der Waals surface area contributed by atoms with Gasteiger partial charge in [-0.25, -0.2) is 4.39 Å². The number of amides is 2. The molecule has 0 saturated carbocycles. The van der Waals surface area contributed by atoms with Crippen LogP contribution >= 0.6 is 15.9 Å². The van der Waals surface area contributed by atoms with Crippen LogP contribution in [0.3, 0.4) is 0 Å². The van der Waals surface area contributed by atoms with E-state index in [1.165, 1.54) is 6.07 Å². The maximum Gasteiger partial charge on any atom is 0.259 e. The number of carbonyl (C=O) groups excluding carboxylic acids is 2. The van der Waals surface area contributed by atoms with Gasteiger partial charge in [-0.1, -0.05) is 6.07 Å². The molecule has 21 heavy (non-hydrogen) atoms. The Bertz CT molecular complexity index is 761. The first-order chi connectivity index (χ1) is 10.0. The predicted octanol–water partition coefficient (Wildman–Crippen LogP) is 3.08. The molecule has 3 rings (SSSR count). The lowest BCUT2D eigenvalue weighted by Crippen LogP contribution is -2.19. The van der Waals surface area contributed by atoms with Gasteiger partial charge in [-0.2, -0.15) is 0 Å². The fraction of sp³-hybridized carbons (Fsp3) is 0.0667. The van der Waals surface area contributed by atoms with Gasteiger partial charge in [0, 0.05) is 12.2 Å². The zero-order chi connectivity index (χ0) is 15.0. The molecule has 2 aromatic carbocycles. The smallest absolute Gasteiger partial charge is 0.259 e. The van der Waals surface area contributed by atoms with E-state index in [0.29, 0.717) is 27.8 Å². The Morgan fingerprint density at radius 1 is 1.05 bits per heavy atom. The molecule has 4 nitrogen and oxygen atoms in total. The van der Waals surface area contributed by atoms with Crippen LogP contribution in [0.15, 0.2) is 40.9 Å². The Balaban J connectivity index is 1.77. The second-order valence-electron chi connectivity index (χ2n) is 4.65. The zero-order valence-electron chi connectivity index (χ0n) is 10.7. The molecule has 0 saturated heterocycles. The summed E-state index contributed by atoms with van der Waals surface area (Å²) in [6, 6.07) is 9.79. The molecule has 1 heterocycles. The molecular weight excluding hydrogens is 339 g/mol. The summed E-state index contributed by atoms with van der Waals surface area (Å²) < 4.78 is 13.8. The number of anilines is 1. The quantitative estimate of drug-likeness (QED) is 0.838. The number of hydrogen-bond donors (Lipinski definition) is 2. The molecule has 1 aliphatic rings. The predicted molar refractivity (Wildman–Crippen MR) is 79.7 cm³/mol. The zero-order valence-corrected chi connectivity index (χ0v) is 12.3. The van der Waals surface area contributed by atoms with Crippen LogP contribution in [0.5, 0.6) is 0 Å². The van der Waals surface area contributed by atoms with Crippen LogP contribution < -0.4 is 10.6 Å². The minimum absolute atomic E-state index is 0.326. The van der Waals surface area contributed by atoms with Crippen molar-refractivity contribution in [2.45, 2.75) is 6.54 Å². The van der Waals surface area contributed by atoms with Gasteiger partial charge < -0.3 is 5.32 Å². The summed E-state index contributed by atoms with van der Waals surface area (Å²) in [4.78, 5) is 23.0. The third-order valence-corrected chi connectivity index (χ3v) is 3.86. The molecule has 0 unspecified atom stereocenters. The first kappa shape index (κ1) is 13.8. The number of nitrogens with one attached hydrogen (secondary N) is 2. The first-order valence-corrected chi connectivity index (χ1v) is 7.01. The number of fused-ring (bicyclic) bond motifs is 1. The summed E-state index contributed by atoms with van der Waals surface area (Å²) in [5.41, 5.74) is 2.20. The number of hydrogen-bond acceptors (Lipinski definition) is 3. The Morgan fingerprint density at radius 2 is 1.81 bits per heavy atom. The van der Waals surface area contributed by atoms with Crippen LogP contribution in [0, 0.1) is 5.82 Å². The highest BCUT2D eigenvalue weighted by molar-refractivity contribution is 9.10. The average Bonchev–Trinajstić information content (AvgIpc) is 2.75. The molecule has 0 bridgehead atoms. The standard InChI is InChI=1S/C15H10BrFN2O2/c16-12-4-1-8(5-13(12)17)7-18-9-2-3-10-11(6-9)15(21)19-14(10)20/h1-6,18H,7H2,(H,19,20,21). The maximum absolute atomic E-state index is 13.4. The van der Waals surface area contributed by atoms with Crippen molar-refractivity contribution in [1.29, 1.82) is 0 Å². The largest absolute Gasteiger partial charge is 0.381 e. The summed E-state index contributed by atoms with van der Waals surface area (Å²) in [7, 11) is 0. The summed E-state index contributed by atoms with van der Waals surface area (Å²) >= 11 is 3.10. The summed E-state index contributed by atoms with van der Waals surface area (Å²) in [6.07, 6.45) is 0. The molecule has 0 aromatic heterocycles. The van der Waals surface area contributed by atoms with E-state index in [1.807, 2.05) is 0 Å². The van der Waals surface area contributed by atoms with Crippen molar-refractivity contribution in [3.05, 3.63) is 63.4 Å². The highest BCUT2D eigenvalue weighted by atomic mass is 79.9. The molecule has 2 N–H and O–H groups in total. The van der Waals surface area contributed by atoms with E-state index in [1.54, 1.807) is 30.3 Å². The van der Waals surface area contributed by atoms with Gasteiger partial charge in [-0.15, -0.1) is 0 Å². The van der Waals surface area contributed by atoms with E-state index in [-0.39, 0.29) is 11.7 Å². The molecule has 0 aliphatic carbocycles. The highest BCUT2D eigenvalue weighted by Crippen LogP contribution is 2.21. The highest BCUT2D eigenvalue weighted by Gasteiger charge is 2.26. The third-order valence-electron chi connectivity index (χ3n) is 3.22. The van der Waals surface area contributed by atoms with Crippen molar-refractivity contribution in [3.63, 3.8) is 0 Å². The van der Waals surface area contributed by atoms with Crippen LogP contribution in [0.4, 0.5) is 10.1 Å². The van der Waals surface area contributed by atoms with Gasteiger partial charge in [0.1, 0.15) is 5.82 Å². The van der Waals surface area contributed by atoms with Crippen LogP contribution in [-0.2, 0) is 6.54 Å². The van der Waals surface area contributed by atoms with Crippen LogP contribution in [0.1, 0.15) is 26.3 Å². The molecule has 2 aromatic rings. The van der Waals surface area contributed by atoms with E-state index in [4.69, 9.17) is 0 Å². The molecular formula is C15H10BrFN2O2. The Morgan fingerprint density at radius 3 is 2.57 bits per heavy atom. The average molecular weight is 349 g/mol. The molecule has 6 heteroatoms. The van der Waals surface area contributed by atoms with Gasteiger partial charge in [0.05, 0.1) is 15.6 Å². The van der Waals surface area contributed by atoms with Crippen LogP contribution in [-0.4, -0.2) is 11.8 Å². The Labute approximate surface area is 128 Å². The lowest BCUT2D eigenvalue weighted by molar-refractivity contribution is 0.0879. The fourth-order valence-corrected chi connectivity index (χ4v) is 2.38. The minimum atomic E-state index is -0.395. The van der Waals surface area contributed by atoms with E-state index in [2.05, 4.69) is 26.6 Å². The van der Waals surface area contributed by atoms with Gasteiger partial charge in [0.2, 0.25) is 0 Å². The molecule has 1 aliphatic heterocycles. The molecule has 106 valence electrons. The minimum Gasteiger partial charge on any atom is -0.381 e. The molecule has 0 spiro atoms. The number of halogens is 2. The fourth-order valence-electron chi connectivity index (χ4n) is 2.13. The second kappa shape index (κ2) is 5.29.